The van der Waals surface area contributed by atoms with Crippen LogP contribution in [0.4, 0.5) is 15.9 Å². The van der Waals surface area contributed by atoms with Crippen LogP contribution in [0.25, 0.3) is 11.3 Å². The second-order valence-electron chi connectivity index (χ2n) is 8.63. The summed E-state index contributed by atoms with van der Waals surface area (Å²) in [5.74, 6) is 1.44. The highest BCUT2D eigenvalue weighted by atomic mass is 19.1. The van der Waals surface area contributed by atoms with E-state index in [9.17, 15) is 9.65 Å². The van der Waals surface area contributed by atoms with E-state index < -0.39 is 5.54 Å². The van der Waals surface area contributed by atoms with Gasteiger partial charge in [0, 0.05) is 36.6 Å². The molecule has 0 amide bonds. The Hall–Kier alpha value is -3.63. The van der Waals surface area contributed by atoms with Gasteiger partial charge in [0.2, 0.25) is 0 Å². The first kappa shape index (κ1) is 22.6. The predicted molar refractivity (Wildman–Crippen MR) is 129 cm³/mol. The third kappa shape index (κ3) is 4.22. The molecule has 0 radical (unpaired) electrons. The average molecular weight is 445 g/mol. The molecule has 0 unspecified atom stereocenters. The Bertz CT molecular complexity index is 1220. The molecule has 2 heterocycles. The van der Waals surface area contributed by atoms with Crippen LogP contribution in [0, 0.1) is 17.1 Å². The zero-order valence-electron chi connectivity index (χ0n) is 19.3. The largest absolute Gasteiger partial charge is 0.360 e. The summed E-state index contributed by atoms with van der Waals surface area (Å²) in [7, 11) is 0. The number of nitrogens with one attached hydrogen (secondary N) is 1. The van der Waals surface area contributed by atoms with Crippen molar-refractivity contribution < 1.29 is 4.39 Å². The van der Waals surface area contributed by atoms with Gasteiger partial charge in [0.15, 0.2) is 0 Å². The molecular weight excluding hydrogens is 415 g/mol. The number of nitrogens with zero attached hydrogens (tertiary/aromatic N) is 4. The Balaban J connectivity index is 1.86. The van der Waals surface area contributed by atoms with Crippen molar-refractivity contribution >= 4 is 11.5 Å². The standard InChI is InChI=1S/C26H29FN6/c1-4-6-22(17-29)33-14-13-32-24(30-21-8-5-7-18(15-21)16-28)23(31-25(32)26(33,2)3)19-9-11-20(27)12-10-19/h5-12,15,30H,4,13-14,17,29H2,1-3H3/b22-6+. The lowest BCUT2D eigenvalue weighted by molar-refractivity contribution is 0.117. The van der Waals surface area contributed by atoms with Gasteiger partial charge in [-0.05, 0) is 62.7 Å². The fourth-order valence-electron chi connectivity index (χ4n) is 4.52. The Morgan fingerprint density at radius 2 is 2.00 bits per heavy atom. The molecule has 0 bridgehead atoms. The summed E-state index contributed by atoms with van der Waals surface area (Å²) in [6, 6.07) is 15.9. The van der Waals surface area contributed by atoms with E-state index in [0.29, 0.717) is 18.7 Å². The van der Waals surface area contributed by atoms with Gasteiger partial charge in [0.05, 0.1) is 17.2 Å². The van der Waals surface area contributed by atoms with Crippen molar-refractivity contribution in [3.8, 4) is 17.3 Å². The molecule has 0 saturated carbocycles. The molecule has 33 heavy (non-hydrogen) atoms. The summed E-state index contributed by atoms with van der Waals surface area (Å²) in [5.41, 5.74) is 9.74. The minimum Gasteiger partial charge on any atom is -0.360 e. The summed E-state index contributed by atoms with van der Waals surface area (Å²) in [6.07, 6.45) is 3.09. The molecule has 2 aromatic carbocycles. The highest BCUT2D eigenvalue weighted by molar-refractivity contribution is 5.77. The fourth-order valence-corrected chi connectivity index (χ4v) is 4.52. The van der Waals surface area contributed by atoms with Crippen molar-refractivity contribution in [3.63, 3.8) is 0 Å². The molecule has 6 nitrogen and oxygen atoms in total. The van der Waals surface area contributed by atoms with Gasteiger partial charge in [0.25, 0.3) is 0 Å². The number of fused-ring (bicyclic) bond motifs is 1. The maximum atomic E-state index is 13.6. The molecule has 4 rings (SSSR count). The van der Waals surface area contributed by atoms with Gasteiger partial charge in [-0.1, -0.05) is 19.1 Å². The van der Waals surface area contributed by atoms with E-state index in [1.54, 1.807) is 18.2 Å². The molecular formula is C26H29FN6. The van der Waals surface area contributed by atoms with Crippen LogP contribution >= 0.6 is 0 Å². The molecule has 0 atom stereocenters. The van der Waals surface area contributed by atoms with Gasteiger partial charge in [-0.2, -0.15) is 5.26 Å². The number of imidazole rings is 1. The smallest absolute Gasteiger partial charge is 0.138 e. The summed E-state index contributed by atoms with van der Waals surface area (Å²) >= 11 is 0. The Kier molecular flexibility index (Phi) is 6.21. The van der Waals surface area contributed by atoms with Gasteiger partial charge in [-0.15, -0.1) is 0 Å². The third-order valence-corrected chi connectivity index (χ3v) is 6.10. The van der Waals surface area contributed by atoms with Gasteiger partial charge in [-0.3, -0.25) is 0 Å². The van der Waals surface area contributed by atoms with E-state index in [1.807, 2.05) is 18.2 Å². The van der Waals surface area contributed by atoms with Crippen molar-refractivity contribution in [2.24, 2.45) is 5.73 Å². The van der Waals surface area contributed by atoms with Gasteiger partial charge in [-0.25, -0.2) is 9.37 Å². The van der Waals surface area contributed by atoms with E-state index in [1.165, 1.54) is 12.1 Å². The van der Waals surface area contributed by atoms with Crippen LogP contribution in [-0.2, 0) is 12.1 Å². The molecule has 1 aliphatic heterocycles. The Labute approximate surface area is 194 Å². The normalized spacial score (nSPS) is 15.2. The van der Waals surface area contributed by atoms with Crippen molar-refractivity contribution in [1.29, 1.82) is 5.26 Å². The number of nitriles is 1. The molecule has 1 aromatic heterocycles. The molecule has 0 aliphatic carbocycles. The first-order valence-corrected chi connectivity index (χ1v) is 11.2. The Morgan fingerprint density at radius 3 is 2.67 bits per heavy atom. The topological polar surface area (TPSA) is 82.9 Å². The second-order valence-corrected chi connectivity index (χ2v) is 8.63. The zero-order chi connectivity index (χ0) is 23.6. The van der Waals surface area contributed by atoms with Crippen LogP contribution in [0.15, 0.2) is 60.3 Å². The molecule has 1 aliphatic rings. The predicted octanol–water partition coefficient (Wildman–Crippen LogP) is 5.11. The summed E-state index contributed by atoms with van der Waals surface area (Å²) in [6.45, 7) is 8.38. The number of hydrogen-bond donors (Lipinski definition) is 2. The van der Waals surface area contributed by atoms with E-state index in [-0.39, 0.29) is 5.82 Å². The van der Waals surface area contributed by atoms with Crippen LogP contribution < -0.4 is 11.1 Å². The quantitative estimate of drug-likeness (QED) is 0.552. The van der Waals surface area contributed by atoms with Gasteiger partial charge >= 0.3 is 0 Å². The summed E-state index contributed by atoms with van der Waals surface area (Å²) < 4.78 is 15.8. The minimum absolute atomic E-state index is 0.289. The summed E-state index contributed by atoms with van der Waals surface area (Å²) in [4.78, 5) is 7.40. The molecule has 3 aromatic rings. The van der Waals surface area contributed by atoms with E-state index in [2.05, 4.69) is 47.7 Å². The number of halogens is 1. The zero-order valence-corrected chi connectivity index (χ0v) is 19.3. The first-order chi connectivity index (χ1) is 15.9. The number of rotatable bonds is 6. The maximum absolute atomic E-state index is 13.6. The third-order valence-electron chi connectivity index (χ3n) is 6.10. The van der Waals surface area contributed by atoms with Crippen LogP contribution in [0.3, 0.4) is 0 Å². The number of aromatic nitrogens is 2. The van der Waals surface area contributed by atoms with Crippen LogP contribution in [-0.4, -0.2) is 27.5 Å². The summed E-state index contributed by atoms with van der Waals surface area (Å²) in [5, 5.41) is 12.8. The average Bonchev–Trinajstić information content (AvgIpc) is 3.18. The first-order valence-electron chi connectivity index (χ1n) is 11.2. The molecule has 0 spiro atoms. The number of hydrogen-bond acceptors (Lipinski definition) is 5. The van der Waals surface area contributed by atoms with Crippen molar-refractivity contribution in [3.05, 3.63) is 77.5 Å². The maximum Gasteiger partial charge on any atom is 0.138 e. The Morgan fingerprint density at radius 1 is 1.24 bits per heavy atom. The van der Waals surface area contributed by atoms with Crippen LogP contribution in [0.2, 0.25) is 0 Å². The number of benzene rings is 2. The van der Waals surface area contributed by atoms with Crippen molar-refractivity contribution in [1.82, 2.24) is 14.5 Å². The SMILES string of the molecule is CC/C=C(\CN)N1CCn2c(nc(-c3ccc(F)cc3)c2Nc2cccc(C#N)c2)C1(C)C. The minimum atomic E-state index is -0.401. The monoisotopic (exact) mass is 444 g/mol. The molecule has 0 fully saturated rings. The highest BCUT2D eigenvalue weighted by Crippen LogP contribution is 2.40. The molecule has 7 heteroatoms. The van der Waals surface area contributed by atoms with E-state index in [0.717, 1.165) is 47.2 Å². The lowest BCUT2D eigenvalue weighted by atomic mass is 9.97. The fraction of sp³-hybridized carbons (Fsp3) is 0.308. The second kappa shape index (κ2) is 9.08. The molecule has 3 N–H and O–H groups in total. The van der Waals surface area contributed by atoms with Gasteiger partial charge in [0.1, 0.15) is 23.2 Å². The van der Waals surface area contributed by atoms with Crippen LogP contribution in [0.5, 0.6) is 0 Å². The molecule has 170 valence electrons. The van der Waals surface area contributed by atoms with E-state index >= 15 is 0 Å². The van der Waals surface area contributed by atoms with Crippen LogP contribution in [0.1, 0.15) is 38.6 Å². The van der Waals surface area contributed by atoms with Crippen molar-refractivity contribution in [2.45, 2.75) is 39.3 Å². The van der Waals surface area contributed by atoms with Gasteiger partial charge < -0.3 is 20.5 Å². The number of nitrogens with two attached hydrogens (primary N) is 1. The lowest BCUT2D eigenvalue weighted by Gasteiger charge is -2.45. The number of allylic oxidation sites excluding steroid dienone is 1. The van der Waals surface area contributed by atoms with Crippen molar-refractivity contribution in [2.75, 3.05) is 18.4 Å². The molecule has 0 saturated heterocycles. The number of anilines is 2. The lowest BCUT2D eigenvalue weighted by Crippen LogP contribution is -2.49. The highest BCUT2D eigenvalue weighted by Gasteiger charge is 2.39. The van der Waals surface area contributed by atoms with E-state index in [4.69, 9.17) is 10.7 Å².